The second-order valence-corrected chi connectivity index (χ2v) is 19.3. The summed E-state index contributed by atoms with van der Waals surface area (Å²) in [6.07, 6.45) is 22.3. The molecule has 2 aliphatic rings. The fourth-order valence-corrected chi connectivity index (χ4v) is 9.80. The van der Waals surface area contributed by atoms with Crippen LogP contribution in [-0.2, 0) is 0 Å². The van der Waals surface area contributed by atoms with Crippen molar-refractivity contribution in [2.24, 2.45) is 9.98 Å². The predicted molar refractivity (Wildman–Crippen MR) is 274 cm³/mol. The van der Waals surface area contributed by atoms with Crippen molar-refractivity contribution in [3.8, 4) is 34.3 Å². The summed E-state index contributed by atoms with van der Waals surface area (Å²) in [5.74, 6) is 0.329. The highest BCUT2D eigenvalue weighted by Crippen LogP contribution is 2.40. The first-order valence-electron chi connectivity index (χ1n) is 23.6. The lowest BCUT2D eigenvalue weighted by molar-refractivity contribution is 0.0998. The summed E-state index contributed by atoms with van der Waals surface area (Å²) in [7, 11) is 0. The number of carbonyl (C=O) groups is 2. The average Bonchev–Trinajstić information content (AvgIpc) is 4.07. The topological polar surface area (TPSA) is 131 Å². The van der Waals surface area contributed by atoms with Gasteiger partial charge in [0.1, 0.15) is 0 Å². The van der Waals surface area contributed by atoms with Gasteiger partial charge in [-0.25, -0.2) is 9.98 Å². The summed E-state index contributed by atoms with van der Waals surface area (Å²) in [6, 6.07) is 30.1. The lowest BCUT2D eigenvalue weighted by atomic mass is 9.99. The third-order valence-electron chi connectivity index (χ3n) is 12.3. The third kappa shape index (κ3) is 12.3. The minimum atomic E-state index is -0.392. The highest BCUT2D eigenvalue weighted by molar-refractivity contribution is 7.99. The molecule has 0 saturated carbocycles. The number of aromatic amines is 2. The molecule has 0 fully saturated rings. The Balaban J connectivity index is 0.000000227. The van der Waals surface area contributed by atoms with Gasteiger partial charge in [-0.1, -0.05) is 193 Å². The van der Waals surface area contributed by atoms with Crippen LogP contribution in [0.2, 0.25) is 10.0 Å². The molecular weight excluding hydrogens is 884 g/mol. The van der Waals surface area contributed by atoms with Gasteiger partial charge in [0.05, 0.1) is 45.1 Å². The molecule has 8 nitrogen and oxygen atoms in total. The molecule has 6 aromatic rings. The van der Waals surface area contributed by atoms with Gasteiger partial charge in [-0.15, -0.1) is 11.8 Å². The highest BCUT2D eigenvalue weighted by atomic mass is 35.5. The van der Waals surface area contributed by atoms with Gasteiger partial charge in [-0.05, 0) is 66.6 Å². The number of carbonyl (C=O) groups excluding carboxylic acids is 2. The quantitative estimate of drug-likeness (QED) is 0.0398. The van der Waals surface area contributed by atoms with Crippen molar-refractivity contribution in [2.75, 3.05) is 5.75 Å². The third-order valence-corrected chi connectivity index (χ3v) is 13.9. The molecule has 11 heteroatoms. The van der Waals surface area contributed by atoms with E-state index in [9.17, 15) is 19.8 Å². The number of aryl methyl sites for hydroxylation is 1. The van der Waals surface area contributed by atoms with Crippen LogP contribution in [0.5, 0.6) is 11.8 Å². The van der Waals surface area contributed by atoms with Gasteiger partial charge in [0.15, 0.2) is 11.8 Å². The summed E-state index contributed by atoms with van der Waals surface area (Å²) in [4.78, 5) is 40.8. The van der Waals surface area contributed by atoms with Crippen molar-refractivity contribution >= 4 is 58.2 Å². The number of unbranched alkanes of at least 4 members (excludes halogenated alkanes) is 15. The molecule has 0 spiro atoms. The van der Waals surface area contributed by atoms with Crippen LogP contribution in [0.4, 0.5) is 0 Å². The van der Waals surface area contributed by atoms with E-state index in [1.165, 1.54) is 108 Å². The molecule has 4 N–H and O–H groups in total. The first-order valence-corrected chi connectivity index (χ1v) is 25.4. The largest absolute Gasteiger partial charge is 0.494 e. The Kier molecular flexibility index (Phi) is 17.6. The van der Waals surface area contributed by atoms with E-state index in [-0.39, 0.29) is 17.7 Å². The van der Waals surface area contributed by atoms with Crippen LogP contribution in [-0.4, -0.2) is 49.2 Å². The minimum absolute atomic E-state index is 0.00729. The lowest BCUT2D eigenvalue weighted by Gasteiger charge is -2.05. The molecule has 0 saturated heterocycles. The Morgan fingerprint density at radius 2 is 0.818 bits per heavy atom. The monoisotopic (exact) mass is 942 g/mol. The van der Waals surface area contributed by atoms with Gasteiger partial charge >= 0.3 is 0 Å². The van der Waals surface area contributed by atoms with Gasteiger partial charge in [0.2, 0.25) is 0 Å². The number of aromatic hydroxyl groups is 2. The number of hydrogen-bond acceptors (Lipinski definition) is 5. The van der Waals surface area contributed by atoms with E-state index < -0.39 is 5.91 Å². The number of hydrogen-bond donors (Lipinski definition) is 4. The standard InChI is InChI=1S/C37H50N2O2S.C18H10Cl2N2O2/c1-3-4-5-6-7-8-9-10-11-12-13-14-15-16-17-18-27-42-31-25-23-30(24-26-31)35-33-32(36(40)39-35)34(38-37(33)41)29-21-19-28(2)20-22-29;19-11-5-1-9(2-6-11)15-13-14(18(24)21-15)16(22-17(13)23)10-3-7-12(20)8-4-10/h19-26,39-40H,3-18,27H2,1-2H3;1-8,21,24H. The first kappa shape index (κ1) is 48.6. The number of nitrogens with zero attached hydrogens (tertiary/aromatic N) is 2. The zero-order valence-corrected chi connectivity index (χ0v) is 40.4. The molecule has 0 unspecified atom stereocenters. The van der Waals surface area contributed by atoms with Crippen LogP contribution in [0, 0.1) is 6.92 Å². The number of nitrogens with one attached hydrogen (secondary N) is 2. The van der Waals surface area contributed by atoms with E-state index in [1.807, 2.05) is 55.1 Å². The summed E-state index contributed by atoms with van der Waals surface area (Å²) in [5, 5.41) is 22.2. The Morgan fingerprint density at radius 3 is 1.23 bits per heavy atom. The minimum Gasteiger partial charge on any atom is -0.494 e. The Bertz CT molecular complexity index is 2630. The Hall–Kier alpha value is -5.35. The number of H-pyrrole nitrogens is 2. The van der Waals surface area contributed by atoms with Crippen LogP contribution in [0.15, 0.2) is 112 Å². The van der Waals surface area contributed by atoms with E-state index >= 15 is 0 Å². The van der Waals surface area contributed by atoms with Crippen LogP contribution in [0.1, 0.15) is 158 Å². The highest BCUT2D eigenvalue weighted by Gasteiger charge is 2.34. The molecule has 2 amide bonds. The van der Waals surface area contributed by atoms with Gasteiger partial charge in [-0.2, -0.15) is 0 Å². The molecule has 344 valence electrons. The van der Waals surface area contributed by atoms with Crippen LogP contribution in [0.3, 0.4) is 0 Å². The van der Waals surface area contributed by atoms with Crippen LogP contribution >= 0.6 is 35.0 Å². The maximum atomic E-state index is 12.9. The molecule has 2 aromatic heterocycles. The second kappa shape index (κ2) is 23.9. The zero-order valence-electron chi connectivity index (χ0n) is 38.0. The number of amides is 2. The summed E-state index contributed by atoms with van der Waals surface area (Å²) < 4.78 is 0. The fourth-order valence-electron chi connectivity index (χ4n) is 8.63. The number of thioether (sulfide) groups is 1. The number of rotatable bonds is 22. The van der Waals surface area contributed by atoms with Crippen molar-refractivity contribution in [2.45, 2.75) is 121 Å². The van der Waals surface area contributed by atoms with E-state index in [2.05, 4.69) is 39.0 Å². The first-order chi connectivity index (χ1) is 32.1. The molecule has 4 heterocycles. The van der Waals surface area contributed by atoms with Crippen molar-refractivity contribution in [1.29, 1.82) is 0 Å². The van der Waals surface area contributed by atoms with Crippen molar-refractivity contribution < 1.29 is 19.8 Å². The number of aliphatic imine (C=N–C) groups is 2. The van der Waals surface area contributed by atoms with Crippen molar-refractivity contribution in [3.63, 3.8) is 0 Å². The molecule has 0 aliphatic carbocycles. The molecule has 4 aromatic carbocycles. The Morgan fingerprint density at radius 1 is 0.470 bits per heavy atom. The van der Waals surface area contributed by atoms with E-state index in [0.717, 1.165) is 28.0 Å². The summed E-state index contributed by atoms with van der Waals surface area (Å²) in [6.45, 7) is 4.31. The molecule has 0 bridgehead atoms. The van der Waals surface area contributed by atoms with E-state index in [0.29, 0.717) is 60.7 Å². The Labute approximate surface area is 403 Å². The van der Waals surface area contributed by atoms with Gasteiger partial charge in [-0.3, -0.25) is 9.59 Å². The molecule has 0 radical (unpaired) electrons. The fraction of sp³-hybridized carbons (Fsp3) is 0.345. The maximum absolute atomic E-state index is 12.9. The van der Waals surface area contributed by atoms with E-state index in [1.54, 1.807) is 48.5 Å². The van der Waals surface area contributed by atoms with Crippen molar-refractivity contribution in [1.82, 2.24) is 9.97 Å². The SMILES string of the molecule is CCCCCCCCCCCCCCCCCCSc1ccc(-c2[nH]c(O)c3c2C(=O)N=C3c2ccc(C)cc2)cc1.O=C1N=C(c2ccc(Cl)cc2)c2c(O)[nH]c(-c3ccc(Cl)cc3)c21. The normalized spacial score (nSPS) is 12.8. The number of halogens is 2. The number of aromatic nitrogens is 2. The van der Waals surface area contributed by atoms with Crippen LogP contribution in [0.25, 0.3) is 22.5 Å². The zero-order chi connectivity index (χ0) is 46.4. The lowest BCUT2D eigenvalue weighted by Crippen LogP contribution is -1.99. The van der Waals surface area contributed by atoms with Gasteiger partial charge in [0, 0.05) is 26.1 Å². The summed E-state index contributed by atoms with van der Waals surface area (Å²) >= 11 is 13.7. The predicted octanol–water partition coefficient (Wildman–Crippen LogP) is 15.7. The smallest absolute Gasteiger partial charge is 0.280 e. The van der Waals surface area contributed by atoms with Gasteiger partial charge in [0.25, 0.3) is 11.8 Å². The maximum Gasteiger partial charge on any atom is 0.280 e. The average molecular weight is 944 g/mol. The van der Waals surface area contributed by atoms with E-state index in [4.69, 9.17) is 23.2 Å². The van der Waals surface area contributed by atoms with Crippen LogP contribution < -0.4 is 0 Å². The number of fused-ring (bicyclic) bond motifs is 2. The molecular formula is C55H60Cl2N4O4S. The van der Waals surface area contributed by atoms with Crippen molar-refractivity contribution in [3.05, 3.63) is 146 Å². The molecule has 2 aliphatic heterocycles. The molecule has 66 heavy (non-hydrogen) atoms. The molecule has 0 atom stereocenters. The molecule has 8 rings (SSSR count). The second-order valence-electron chi connectivity index (χ2n) is 17.3. The summed E-state index contributed by atoms with van der Waals surface area (Å²) in [5.41, 5.74) is 8.15. The number of benzene rings is 4. The van der Waals surface area contributed by atoms with Gasteiger partial charge < -0.3 is 20.2 Å².